The van der Waals surface area contributed by atoms with Crippen molar-refractivity contribution in [2.75, 3.05) is 31.1 Å². The van der Waals surface area contributed by atoms with Crippen LogP contribution in [0, 0.1) is 0 Å². The molecule has 0 bridgehead atoms. The Kier molecular flexibility index (Phi) is 7.87. The number of hydrogen-bond acceptors (Lipinski definition) is 4. The van der Waals surface area contributed by atoms with Crippen molar-refractivity contribution in [3.8, 4) is 0 Å². The molecule has 1 aliphatic heterocycles. The maximum atomic E-state index is 13.3. The molecule has 2 amide bonds. The molecule has 4 rings (SSSR count). The van der Waals surface area contributed by atoms with Crippen molar-refractivity contribution in [3.63, 3.8) is 0 Å². The second-order valence-corrected chi connectivity index (χ2v) is 8.63. The molecule has 9 heteroatoms. The zero-order valence-electron chi connectivity index (χ0n) is 19.6. The molecule has 0 spiro atoms. The smallest absolute Gasteiger partial charge is 0.355 e. The van der Waals surface area contributed by atoms with E-state index in [1.54, 1.807) is 29.2 Å². The van der Waals surface area contributed by atoms with Gasteiger partial charge in [0.15, 0.2) is 0 Å². The highest BCUT2D eigenvalue weighted by atomic mass is 19.4. The SMILES string of the molecule is O=C(NC(CC(=O)N1CCCN(c2ccc(C(F)(F)F)cn2)CC1)c1ccccc1)c1ccccc1. The highest BCUT2D eigenvalue weighted by Crippen LogP contribution is 2.29. The van der Waals surface area contributed by atoms with E-state index in [1.807, 2.05) is 41.3 Å². The Bertz CT molecular complexity index is 1160. The van der Waals surface area contributed by atoms with Gasteiger partial charge >= 0.3 is 6.18 Å². The van der Waals surface area contributed by atoms with Crippen LogP contribution in [0.5, 0.6) is 0 Å². The molecule has 6 nitrogen and oxygen atoms in total. The van der Waals surface area contributed by atoms with E-state index in [0.717, 1.165) is 17.8 Å². The van der Waals surface area contributed by atoms with Crippen molar-refractivity contribution in [2.24, 2.45) is 0 Å². The van der Waals surface area contributed by atoms with Gasteiger partial charge < -0.3 is 15.1 Å². The maximum absolute atomic E-state index is 13.3. The summed E-state index contributed by atoms with van der Waals surface area (Å²) in [6.45, 7) is 1.96. The Morgan fingerprint density at radius 1 is 0.889 bits per heavy atom. The molecule has 1 unspecified atom stereocenters. The number of nitrogens with zero attached hydrogens (tertiary/aromatic N) is 3. The van der Waals surface area contributed by atoms with Gasteiger partial charge in [-0.25, -0.2) is 4.98 Å². The zero-order valence-corrected chi connectivity index (χ0v) is 19.6. The van der Waals surface area contributed by atoms with Crippen molar-refractivity contribution >= 4 is 17.6 Å². The summed E-state index contributed by atoms with van der Waals surface area (Å²) >= 11 is 0. The molecule has 0 radical (unpaired) electrons. The summed E-state index contributed by atoms with van der Waals surface area (Å²) in [6.07, 6.45) is -2.84. The summed E-state index contributed by atoms with van der Waals surface area (Å²) < 4.78 is 38.5. The lowest BCUT2D eigenvalue weighted by atomic mass is 10.0. The van der Waals surface area contributed by atoms with Gasteiger partial charge in [0.2, 0.25) is 5.91 Å². The van der Waals surface area contributed by atoms with E-state index in [-0.39, 0.29) is 18.2 Å². The highest BCUT2D eigenvalue weighted by molar-refractivity contribution is 5.94. The van der Waals surface area contributed by atoms with Crippen LogP contribution in [0.3, 0.4) is 0 Å². The average Bonchev–Trinajstić information content (AvgIpc) is 3.15. The molecule has 36 heavy (non-hydrogen) atoms. The van der Waals surface area contributed by atoms with E-state index < -0.39 is 17.8 Å². The molecule has 0 saturated carbocycles. The highest BCUT2D eigenvalue weighted by Gasteiger charge is 2.31. The standard InChI is InChI=1S/C27H27F3N4O2/c28-27(29,30)22-12-13-24(31-19-22)33-14-7-15-34(17-16-33)25(35)18-23(20-8-3-1-4-9-20)32-26(36)21-10-5-2-6-11-21/h1-6,8-13,19,23H,7,14-18H2,(H,32,36). The van der Waals surface area contributed by atoms with Crippen LogP contribution in [0.1, 0.15) is 40.4 Å². The molecule has 1 saturated heterocycles. The van der Waals surface area contributed by atoms with Gasteiger partial charge in [-0.15, -0.1) is 0 Å². The molecule has 3 aromatic rings. The van der Waals surface area contributed by atoms with Crippen LogP contribution < -0.4 is 10.2 Å². The van der Waals surface area contributed by atoms with Crippen molar-refractivity contribution in [3.05, 3.63) is 95.7 Å². The number of aromatic nitrogens is 1. The quantitative estimate of drug-likeness (QED) is 0.537. The molecule has 188 valence electrons. The molecular weight excluding hydrogens is 469 g/mol. The molecule has 1 atom stereocenters. The van der Waals surface area contributed by atoms with Crippen LogP contribution in [0.15, 0.2) is 79.0 Å². The lowest BCUT2D eigenvalue weighted by Gasteiger charge is -2.25. The molecule has 2 aromatic carbocycles. The first-order valence-electron chi connectivity index (χ1n) is 11.8. The monoisotopic (exact) mass is 496 g/mol. The number of anilines is 1. The number of carbonyl (C=O) groups excluding carboxylic acids is 2. The lowest BCUT2D eigenvalue weighted by molar-refractivity contribution is -0.137. The number of halogens is 3. The fourth-order valence-corrected chi connectivity index (χ4v) is 4.21. The zero-order chi connectivity index (χ0) is 25.5. The molecule has 0 aliphatic carbocycles. The Labute approximate surface area is 207 Å². The fraction of sp³-hybridized carbons (Fsp3) is 0.296. The molecule has 1 aliphatic rings. The molecule has 1 fully saturated rings. The molecule has 2 heterocycles. The van der Waals surface area contributed by atoms with E-state index in [4.69, 9.17) is 0 Å². The predicted octanol–water partition coefficient (Wildman–Crippen LogP) is 4.70. The third kappa shape index (κ3) is 6.41. The van der Waals surface area contributed by atoms with Crippen molar-refractivity contribution < 1.29 is 22.8 Å². The Balaban J connectivity index is 1.41. The largest absolute Gasteiger partial charge is 0.417 e. The minimum Gasteiger partial charge on any atom is -0.355 e. The van der Waals surface area contributed by atoms with Crippen LogP contribution >= 0.6 is 0 Å². The summed E-state index contributed by atoms with van der Waals surface area (Å²) in [5.41, 5.74) is 0.559. The fourth-order valence-electron chi connectivity index (χ4n) is 4.21. The van der Waals surface area contributed by atoms with Crippen LogP contribution in [-0.4, -0.2) is 47.9 Å². The van der Waals surface area contributed by atoms with E-state index in [1.165, 1.54) is 6.07 Å². The first kappa shape index (κ1) is 25.2. The van der Waals surface area contributed by atoms with E-state index in [9.17, 15) is 22.8 Å². The number of carbonyl (C=O) groups is 2. The first-order valence-corrected chi connectivity index (χ1v) is 11.8. The van der Waals surface area contributed by atoms with E-state index >= 15 is 0 Å². The van der Waals surface area contributed by atoms with Gasteiger partial charge in [0, 0.05) is 37.9 Å². The number of benzene rings is 2. The molecule has 1 aromatic heterocycles. The Morgan fingerprint density at radius 3 is 2.22 bits per heavy atom. The normalized spacial score (nSPS) is 15.2. The third-order valence-corrected chi connectivity index (χ3v) is 6.17. The number of amides is 2. The topological polar surface area (TPSA) is 65.5 Å². The van der Waals surface area contributed by atoms with E-state index in [2.05, 4.69) is 10.3 Å². The lowest BCUT2D eigenvalue weighted by Crippen LogP contribution is -2.38. The number of pyridine rings is 1. The third-order valence-electron chi connectivity index (χ3n) is 6.17. The van der Waals surface area contributed by atoms with Gasteiger partial charge in [-0.05, 0) is 36.2 Å². The van der Waals surface area contributed by atoms with Gasteiger partial charge in [-0.2, -0.15) is 13.2 Å². The van der Waals surface area contributed by atoms with Crippen molar-refractivity contribution in [2.45, 2.75) is 25.1 Å². The second-order valence-electron chi connectivity index (χ2n) is 8.63. The minimum absolute atomic E-state index is 0.0977. The minimum atomic E-state index is -4.43. The van der Waals surface area contributed by atoms with Crippen molar-refractivity contribution in [1.82, 2.24) is 15.2 Å². The summed E-state index contributed by atoms with van der Waals surface area (Å²) in [5, 5.41) is 2.99. The van der Waals surface area contributed by atoms with Crippen LogP contribution in [0.4, 0.5) is 19.0 Å². The first-order chi connectivity index (χ1) is 17.3. The van der Waals surface area contributed by atoms with Gasteiger partial charge in [0.05, 0.1) is 18.0 Å². The van der Waals surface area contributed by atoms with Crippen molar-refractivity contribution in [1.29, 1.82) is 0 Å². The summed E-state index contributed by atoms with van der Waals surface area (Å²) in [5.74, 6) is 0.0988. The Morgan fingerprint density at radius 2 is 1.58 bits per heavy atom. The Hall–Kier alpha value is -3.88. The average molecular weight is 497 g/mol. The van der Waals surface area contributed by atoms with Gasteiger partial charge in [0.1, 0.15) is 5.82 Å². The van der Waals surface area contributed by atoms with Gasteiger partial charge in [-0.3, -0.25) is 9.59 Å². The number of hydrogen-bond donors (Lipinski definition) is 1. The molecular formula is C27H27F3N4O2. The number of nitrogens with one attached hydrogen (secondary N) is 1. The number of rotatable bonds is 6. The summed E-state index contributed by atoms with van der Waals surface area (Å²) in [4.78, 5) is 33.7. The van der Waals surface area contributed by atoms with Gasteiger partial charge in [0.25, 0.3) is 5.91 Å². The number of alkyl halides is 3. The second kappa shape index (κ2) is 11.2. The molecule has 1 N–H and O–H groups in total. The summed E-state index contributed by atoms with van der Waals surface area (Å²) in [7, 11) is 0. The van der Waals surface area contributed by atoms with Crippen LogP contribution in [-0.2, 0) is 11.0 Å². The predicted molar refractivity (Wildman–Crippen MR) is 130 cm³/mol. The van der Waals surface area contributed by atoms with E-state index in [0.29, 0.717) is 44.0 Å². The van der Waals surface area contributed by atoms with Crippen LogP contribution in [0.25, 0.3) is 0 Å². The van der Waals surface area contributed by atoms with Gasteiger partial charge in [-0.1, -0.05) is 48.5 Å². The van der Waals surface area contributed by atoms with Crippen LogP contribution in [0.2, 0.25) is 0 Å². The maximum Gasteiger partial charge on any atom is 0.417 e. The summed E-state index contributed by atoms with van der Waals surface area (Å²) in [6, 6.07) is 20.1.